The lowest BCUT2D eigenvalue weighted by molar-refractivity contribution is 0.777. The van der Waals surface area contributed by atoms with Crippen molar-refractivity contribution in [2.24, 2.45) is 7.05 Å². The van der Waals surface area contributed by atoms with E-state index in [4.69, 9.17) is 4.98 Å². The third-order valence-corrected chi connectivity index (χ3v) is 3.70. The van der Waals surface area contributed by atoms with Gasteiger partial charge in [-0.3, -0.25) is 9.55 Å². The van der Waals surface area contributed by atoms with Crippen LogP contribution >= 0.6 is 0 Å². The maximum Gasteiger partial charge on any atom is 0.327 e. The fraction of sp³-hybridized carbons (Fsp3) is 0.312. The molecule has 0 aliphatic heterocycles. The molecule has 3 heterocycles. The van der Waals surface area contributed by atoms with E-state index in [9.17, 15) is 4.79 Å². The molecule has 0 amide bonds. The van der Waals surface area contributed by atoms with Gasteiger partial charge in [-0.15, -0.1) is 0 Å². The third-order valence-electron chi connectivity index (χ3n) is 3.70. The van der Waals surface area contributed by atoms with Crippen LogP contribution in [0.3, 0.4) is 0 Å². The summed E-state index contributed by atoms with van der Waals surface area (Å²) in [5.74, 6) is 0. The minimum Gasteiger partial charge on any atom is -0.304 e. The number of hydrogen-bond acceptors (Lipinski definition) is 3. The summed E-state index contributed by atoms with van der Waals surface area (Å²) < 4.78 is 1.56. The van der Waals surface area contributed by atoms with Crippen molar-refractivity contribution in [1.29, 1.82) is 0 Å². The van der Waals surface area contributed by atoms with Crippen molar-refractivity contribution in [2.75, 3.05) is 0 Å². The normalized spacial score (nSPS) is 11.1. The molecule has 5 heteroatoms. The van der Waals surface area contributed by atoms with Crippen LogP contribution in [0.4, 0.5) is 0 Å². The Bertz CT molecular complexity index is 817. The number of pyridine rings is 2. The Morgan fingerprint density at radius 1 is 1.29 bits per heavy atom. The van der Waals surface area contributed by atoms with Crippen molar-refractivity contribution < 1.29 is 0 Å². The lowest BCUT2D eigenvalue weighted by Crippen LogP contribution is -2.12. The summed E-state index contributed by atoms with van der Waals surface area (Å²) in [7, 11) is 1.74. The van der Waals surface area contributed by atoms with Crippen LogP contribution in [0.15, 0.2) is 35.4 Å². The van der Waals surface area contributed by atoms with E-state index in [2.05, 4.69) is 16.9 Å². The molecule has 5 nitrogen and oxygen atoms in total. The summed E-state index contributed by atoms with van der Waals surface area (Å²) in [6.45, 7) is 2.16. The smallest absolute Gasteiger partial charge is 0.304 e. The third kappa shape index (κ3) is 2.46. The highest BCUT2D eigenvalue weighted by atomic mass is 16.1. The van der Waals surface area contributed by atoms with Gasteiger partial charge in [-0.05, 0) is 36.6 Å². The van der Waals surface area contributed by atoms with Crippen LogP contribution in [0, 0.1) is 0 Å². The second-order valence-corrected chi connectivity index (χ2v) is 5.18. The first-order valence-corrected chi connectivity index (χ1v) is 7.19. The molecule has 0 aliphatic carbocycles. The van der Waals surface area contributed by atoms with E-state index in [0.29, 0.717) is 5.65 Å². The predicted octanol–water partition coefficient (Wildman–Crippen LogP) is 2.67. The lowest BCUT2D eigenvalue weighted by Gasteiger charge is -2.09. The number of unbranched alkanes of at least 4 members (excludes halogenated alkanes) is 1. The van der Waals surface area contributed by atoms with Gasteiger partial charge in [0.15, 0.2) is 5.65 Å². The van der Waals surface area contributed by atoms with E-state index >= 15 is 0 Å². The quantitative estimate of drug-likeness (QED) is 0.800. The van der Waals surface area contributed by atoms with E-state index in [1.165, 1.54) is 0 Å². The number of aryl methyl sites for hydroxylation is 2. The van der Waals surface area contributed by atoms with Gasteiger partial charge in [-0.25, -0.2) is 9.78 Å². The van der Waals surface area contributed by atoms with Crippen molar-refractivity contribution in [2.45, 2.75) is 26.2 Å². The van der Waals surface area contributed by atoms with E-state index < -0.39 is 0 Å². The zero-order chi connectivity index (χ0) is 14.8. The highest BCUT2D eigenvalue weighted by Gasteiger charge is 2.12. The zero-order valence-electron chi connectivity index (χ0n) is 12.3. The number of H-pyrrole nitrogens is 1. The Hall–Kier alpha value is -2.43. The van der Waals surface area contributed by atoms with Gasteiger partial charge in [0.05, 0.1) is 11.2 Å². The molecule has 3 aromatic heterocycles. The fourth-order valence-corrected chi connectivity index (χ4v) is 2.50. The summed E-state index contributed by atoms with van der Waals surface area (Å²) in [6.07, 6.45) is 6.65. The summed E-state index contributed by atoms with van der Waals surface area (Å²) in [6, 6.07) is 5.96. The summed E-state index contributed by atoms with van der Waals surface area (Å²) in [5, 5.41) is 0. The SMILES string of the molecule is CCCCc1nc2c(cc1-c1ccncc1)[nH]c(=O)n2C. The van der Waals surface area contributed by atoms with Crippen molar-refractivity contribution in [3.05, 3.63) is 46.8 Å². The topological polar surface area (TPSA) is 63.6 Å². The Kier molecular flexibility index (Phi) is 3.56. The molecule has 0 fully saturated rings. The molecule has 0 atom stereocenters. The molecule has 0 aliphatic rings. The van der Waals surface area contributed by atoms with Crippen LogP contribution in [0.25, 0.3) is 22.3 Å². The minimum atomic E-state index is -0.134. The first-order chi connectivity index (χ1) is 10.2. The average Bonchev–Trinajstić information content (AvgIpc) is 2.80. The van der Waals surface area contributed by atoms with E-state index in [-0.39, 0.29) is 5.69 Å². The van der Waals surface area contributed by atoms with Gasteiger partial charge >= 0.3 is 5.69 Å². The van der Waals surface area contributed by atoms with Gasteiger partial charge in [0.25, 0.3) is 0 Å². The maximum absolute atomic E-state index is 11.8. The largest absolute Gasteiger partial charge is 0.327 e. The molecule has 0 unspecified atom stereocenters. The Labute approximate surface area is 122 Å². The second kappa shape index (κ2) is 5.52. The standard InChI is InChI=1S/C16H18N4O/c1-3-4-5-13-12(11-6-8-17-9-7-11)10-14-15(18-13)20(2)16(21)19-14/h6-10H,3-5H2,1-2H3,(H,19,21). The van der Waals surface area contributed by atoms with Crippen molar-refractivity contribution in [3.8, 4) is 11.1 Å². The molecular weight excluding hydrogens is 264 g/mol. The van der Waals surface area contributed by atoms with Crippen LogP contribution < -0.4 is 5.69 Å². The molecule has 3 rings (SSSR count). The molecule has 0 spiro atoms. The number of hydrogen-bond donors (Lipinski definition) is 1. The van der Waals surface area contributed by atoms with E-state index in [0.717, 1.165) is 41.6 Å². The van der Waals surface area contributed by atoms with Crippen LogP contribution in [0.1, 0.15) is 25.5 Å². The molecule has 21 heavy (non-hydrogen) atoms. The zero-order valence-corrected chi connectivity index (χ0v) is 12.3. The van der Waals surface area contributed by atoms with Gasteiger partial charge in [0.2, 0.25) is 0 Å². The second-order valence-electron chi connectivity index (χ2n) is 5.18. The van der Waals surface area contributed by atoms with Gasteiger partial charge in [-0.1, -0.05) is 13.3 Å². The molecule has 3 aromatic rings. The maximum atomic E-state index is 11.8. The number of nitrogens with zero attached hydrogens (tertiary/aromatic N) is 3. The predicted molar refractivity (Wildman–Crippen MR) is 83.2 cm³/mol. The first-order valence-electron chi connectivity index (χ1n) is 7.19. The van der Waals surface area contributed by atoms with Crippen LogP contribution in [-0.2, 0) is 13.5 Å². The number of rotatable bonds is 4. The highest BCUT2D eigenvalue weighted by Crippen LogP contribution is 2.26. The molecule has 0 saturated carbocycles. The number of aromatic nitrogens is 4. The van der Waals surface area contributed by atoms with Gasteiger partial charge in [-0.2, -0.15) is 0 Å². The Balaban J connectivity index is 2.23. The molecule has 1 N–H and O–H groups in total. The van der Waals surface area contributed by atoms with Crippen molar-refractivity contribution >= 4 is 11.2 Å². The Morgan fingerprint density at radius 2 is 2.05 bits per heavy atom. The first kappa shape index (κ1) is 13.5. The Morgan fingerprint density at radius 3 is 2.76 bits per heavy atom. The lowest BCUT2D eigenvalue weighted by atomic mass is 10.0. The number of fused-ring (bicyclic) bond motifs is 1. The van der Waals surface area contributed by atoms with E-state index in [1.807, 2.05) is 18.2 Å². The fourth-order valence-electron chi connectivity index (χ4n) is 2.50. The van der Waals surface area contributed by atoms with E-state index in [1.54, 1.807) is 24.0 Å². The molecular formula is C16H18N4O. The summed E-state index contributed by atoms with van der Waals surface area (Å²) >= 11 is 0. The monoisotopic (exact) mass is 282 g/mol. The molecule has 0 bridgehead atoms. The van der Waals surface area contributed by atoms with Crippen molar-refractivity contribution in [1.82, 2.24) is 19.5 Å². The van der Waals surface area contributed by atoms with Crippen LogP contribution in [0.5, 0.6) is 0 Å². The number of imidazole rings is 1. The minimum absolute atomic E-state index is 0.134. The summed E-state index contributed by atoms with van der Waals surface area (Å²) in [5.41, 5.74) is 4.53. The van der Waals surface area contributed by atoms with Crippen molar-refractivity contribution in [3.63, 3.8) is 0 Å². The molecule has 0 aromatic carbocycles. The highest BCUT2D eigenvalue weighted by molar-refractivity contribution is 5.80. The number of aromatic amines is 1. The average molecular weight is 282 g/mol. The summed E-state index contributed by atoms with van der Waals surface area (Å²) in [4.78, 5) is 23.4. The van der Waals surface area contributed by atoms with Gasteiger partial charge < -0.3 is 4.98 Å². The van der Waals surface area contributed by atoms with Crippen LogP contribution in [-0.4, -0.2) is 19.5 Å². The van der Waals surface area contributed by atoms with Gasteiger partial charge in [0.1, 0.15) is 0 Å². The molecule has 0 radical (unpaired) electrons. The van der Waals surface area contributed by atoms with Crippen LogP contribution in [0.2, 0.25) is 0 Å². The number of nitrogens with one attached hydrogen (secondary N) is 1. The molecule has 0 saturated heterocycles. The van der Waals surface area contributed by atoms with Gasteiger partial charge in [0, 0.05) is 25.0 Å². The molecule has 108 valence electrons.